The summed E-state index contributed by atoms with van der Waals surface area (Å²) in [6.07, 6.45) is -0.116. The summed E-state index contributed by atoms with van der Waals surface area (Å²) < 4.78 is 4.71. The molecule has 1 heterocycles. The van der Waals surface area contributed by atoms with Crippen molar-refractivity contribution in [1.82, 2.24) is 0 Å². The van der Waals surface area contributed by atoms with Gasteiger partial charge in [-0.15, -0.1) is 0 Å². The molecule has 0 aromatic rings. The summed E-state index contributed by atoms with van der Waals surface area (Å²) in [4.78, 5) is 0. The Morgan fingerprint density at radius 3 is 1.89 bits per heavy atom. The van der Waals surface area contributed by atoms with Crippen LogP contribution in [0.5, 0.6) is 0 Å². The van der Waals surface area contributed by atoms with E-state index in [0.29, 0.717) is 12.5 Å². The van der Waals surface area contributed by atoms with Crippen molar-refractivity contribution < 1.29 is 14.9 Å². The highest BCUT2D eigenvalue weighted by Gasteiger charge is 2.13. The van der Waals surface area contributed by atoms with Crippen molar-refractivity contribution in [2.75, 3.05) is 6.61 Å². The summed E-state index contributed by atoms with van der Waals surface area (Å²) in [6, 6.07) is 0. The van der Waals surface area contributed by atoms with E-state index in [-0.39, 0.29) is 0 Å². The molecule has 3 heteroatoms. The molecule has 56 valence electrons. The van der Waals surface area contributed by atoms with Gasteiger partial charge in [-0.3, -0.25) is 0 Å². The highest BCUT2D eigenvalue weighted by molar-refractivity contribution is 4.58. The number of hydrogen-bond acceptors (Lipinski definition) is 3. The quantitative estimate of drug-likeness (QED) is 0.395. The highest BCUT2D eigenvalue weighted by Crippen LogP contribution is 2.04. The molecule has 0 spiro atoms. The summed E-state index contributed by atoms with van der Waals surface area (Å²) in [5.74, 6) is 0. The van der Waals surface area contributed by atoms with Gasteiger partial charge >= 0.3 is 0 Å². The molecule has 1 unspecified atom stereocenters. The molecular weight excluding hydrogens is 120 g/mol. The van der Waals surface area contributed by atoms with Gasteiger partial charge < -0.3 is 14.9 Å². The van der Waals surface area contributed by atoms with Crippen LogP contribution < -0.4 is 0 Å². The molecule has 1 atom stereocenters. The molecule has 9 heavy (non-hydrogen) atoms. The molecule has 0 aromatic heterocycles. The Balaban J connectivity index is 0.000000144. The van der Waals surface area contributed by atoms with E-state index < -0.39 is 6.29 Å². The Bertz CT molecular complexity index is 59.3. The maximum absolute atomic E-state index is 7.92. The van der Waals surface area contributed by atoms with Gasteiger partial charge in [0.25, 0.3) is 0 Å². The molecule has 1 aliphatic rings. The molecule has 1 aliphatic heterocycles. The molecule has 0 aromatic carbocycles. The molecule has 0 radical (unpaired) electrons. The highest BCUT2D eigenvalue weighted by atomic mass is 16.6. The minimum Gasteiger partial charge on any atom is -0.373 e. The molecule has 2 N–H and O–H groups in total. The first-order valence-electron chi connectivity index (χ1n) is 3.14. The van der Waals surface area contributed by atoms with Gasteiger partial charge in [-0.25, -0.2) is 0 Å². The van der Waals surface area contributed by atoms with Gasteiger partial charge in [-0.1, -0.05) is 6.92 Å². The van der Waals surface area contributed by atoms with E-state index in [1.54, 1.807) is 6.92 Å². The van der Waals surface area contributed by atoms with Crippen molar-refractivity contribution in [1.29, 1.82) is 0 Å². The first-order chi connectivity index (χ1) is 4.16. The Morgan fingerprint density at radius 2 is 1.89 bits per heavy atom. The molecule has 0 saturated carbocycles. The standard InChI is InChI=1S/C3H8O2.C3H6O/c1-2-3(4)5;1-3-2-4-3/h3-5H,2H2,1H3;3H,2H2,1H3. The summed E-state index contributed by atoms with van der Waals surface area (Å²) >= 11 is 0. The van der Waals surface area contributed by atoms with Crippen molar-refractivity contribution in [3.05, 3.63) is 0 Å². The van der Waals surface area contributed by atoms with Crippen LogP contribution in [0.15, 0.2) is 0 Å². The molecule has 1 fully saturated rings. The average molecular weight is 134 g/mol. The third kappa shape index (κ3) is 11.4. The summed E-state index contributed by atoms with van der Waals surface area (Å²) in [5, 5.41) is 15.8. The van der Waals surface area contributed by atoms with Crippen LogP contribution in [0.1, 0.15) is 20.3 Å². The van der Waals surface area contributed by atoms with E-state index in [1.807, 2.05) is 0 Å². The Labute approximate surface area is 55.3 Å². The molecule has 0 amide bonds. The van der Waals surface area contributed by atoms with Crippen LogP contribution in [-0.2, 0) is 4.74 Å². The van der Waals surface area contributed by atoms with Crippen LogP contribution in [0.25, 0.3) is 0 Å². The van der Waals surface area contributed by atoms with Gasteiger partial charge in [0.15, 0.2) is 6.29 Å². The third-order valence-electron chi connectivity index (χ3n) is 0.865. The van der Waals surface area contributed by atoms with E-state index in [2.05, 4.69) is 6.92 Å². The molecular formula is C6H14O3. The Kier molecular flexibility index (Phi) is 4.67. The van der Waals surface area contributed by atoms with E-state index in [0.717, 1.165) is 6.61 Å². The minimum atomic E-state index is -1.12. The van der Waals surface area contributed by atoms with Gasteiger partial charge in [0, 0.05) is 0 Å². The first kappa shape index (κ1) is 8.88. The van der Waals surface area contributed by atoms with Crippen molar-refractivity contribution >= 4 is 0 Å². The van der Waals surface area contributed by atoms with Crippen LogP contribution in [0.4, 0.5) is 0 Å². The zero-order chi connectivity index (χ0) is 7.28. The second-order valence-electron chi connectivity index (χ2n) is 2.03. The lowest BCUT2D eigenvalue weighted by molar-refractivity contribution is -0.0413. The van der Waals surface area contributed by atoms with Gasteiger partial charge in [0.05, 0.1) is 12.7 Å². The number of hydrogen-bond donors (Lipinski definition) is 2. The fourth-order valence-corrected chi connectivity index (χ4v) is 0.0962. The number of rotatable bonds is 1. The smallest absolute Gasteiger partial charge is 0.151 e. The van der Waals surface area contributed by atoms with Crippen molar-refractivity contribution in [3.8, 4) is 0 Å². The van der Waals surface area contributed by atoms with Gasteiger partial charge in [0.1, 0.15) is 0 Å². The van der Waals surface area contributed by atoms with Crippen molar-refractivity contribution in [3.63, 3.8) is 0 Å². The van der Waals surface area contributed by atoms with E-state index in [1.165, 1.54) is 0 Å². The molecule has 1 rings (SSSR count). The van der Waals surface area contributed by atoms with Crippen LogP contribution >= 0.6 is 0 Å². The van der Waals surface area contributed by atoms with Crippen LogP contribution in [0.2, 0.25) is 0 Å². The normalized spacial score (nSPS) is 23.0. The predicted octanol–water partition coefficient (Wildman–Crippen LogP) is 0.112. The fraction of sp³-hybridized carbons (Fsp3) is 1.00. The first-order valence-corrected chi connectivity index (χ1v) is 3.14. The predicted molar refractivity (Wildman–Crippen MR) is 33.9 cm³/mol. The maximum atomic E-state index is 7.92. The summed E-state index contributed by atoms with van der Waals surface area (Å²) in [6.45, 7) is 4.74. The molecule has 0 aliphatic carbocycles. The fourth-order valence-electron chi connectivity index (χ4n) is 0.0962. The summed E-state index contributed by atoms with van der Waals surface area (Å²) in [7, 11) is 0. The minimum absolute atomic E-state index is 0.417. The maximum Gasteiger partial charge on any atom is 0.151 e. The zero-order valence-electron chi connectivity index (χ0n) is 5.87. The zero-order valence-corrected chi connectivity index (χ0v) is 5.87. The SMILES string of the molecule is CC1CO1.CCC(O)O. The second-order valence-corrected chi connectivity index (χ2v) is 2.03. The van der Waals surface area contributed by atoms with Crippen molar-refractivity contribution in [2.24, 2.45) is 0 Å². The lowest BCUT2D eigenvalue weighted by atomic mass is 10.5. The van der Waals surface area contributed by atoms with Crippen LogP contribution in [0.3, 0.4) is 0 Å². The Hall–Kier alpha value is -0.120. The van der Waals surface area contributed by atoms with Gasteiger partial charge in [-0.05, 0) is 13.3 Å². The average Bonchev–Trinajstić information content (AvgIpc) is 2.53. The van der Waals surface area contributed by atoms with Crippen LogP contribution in [-0.4, -0.2) is 29.2 Å². The van der Waals surface area contributed by atoms with Crippen LogP contribution in [0, 0.1) is 0 Å². The van der Waals surface area contributed by atoms with E-state index in [4.69, 9.17) is 14.9 Å². The summed E-state index contributed by atoms with van der Waals surface area (Å²) in [5.41, 5.74) is 0. The molecule has 1 saturated heterocycles. The number of aliphatic hydroxyl groups excluding tert-OH is 1. The van der Waals surface area contributed by atoms with Gasteiger partial charge in [0.2, 0.25) is 0 Å². The van der Waals surface area contributed by atoms with E-state index in [9.17, 15) is 0 Å². The largest absolute Gasteiger partial charge is 0.373 e. The molecule has 3 nitrogen and oxygen atoms in total. The van der Waals surface area contributed by atoms with Gasteiger partial charge in [-0.2, -0.15) is 0 Å². The van der Waals surface area contributed by atoms with E-state index >= 15 is 0 Å². The lowest BCUT2D eigenvalue weighted by Gasteiger charge is -1.90. The topological polar surface area (TPSA) is 53.0 Å². The number of aliphatic hydroxyl groups is 2. The lowest BCUT2D eigenvalue weighted by Crippen LogP contribution is -1.99. The van der Waals surface area contributed by atoms with Crippen molar-refractivity contribution in [2.45, 2.75) is 32.7 Å². The monoisotopic (exact) mass is 134 g/mol. The third-order valence-corrected chi connectivity index (χ3v) is 0.865. The number of ether oxygens (including phenoxy) is 1. The second kappa shape index (κ2) is 4.73. The molecule has 0 bridgehead atoms. The number of epoxide rings is 1. The Morgan fingerprint density at radius 1 is 1.67 bits per heavy atom.